The highest BCUT2D eigenvalue weighted by Crippen LogP contribution is 2.22. The summed E-state index contributed by atoms with van der Waals surface area (Å²) in [6.07, 6.45) is 7.42. The lowest BCUT2D eigenvalue weighted by Crippen LogP contribution is -2.13. The van der Waals surface area contributed by atoms with Gasteiger partial charge in [0.05, 0.1) is 0 Å². The smallest absolute Gasteiger partial charge is 0.146 e. The van der Waals surface area contributed by atoms with Crippen LogP contribution in [0.15, 0.2) is 6.33 Å². The average Bonchev–Trinajstić information content (AvgIpc) is 2.41. The van der Waals surface area contributed by atoms with Gasteiger partial charge in [-0.05, 0) is 25.7 Å². The Hall–Kier alpha value is -1.16. The Kier molecular flexibility index (Phi) is 2.40. The van der Waals surface area contributed by atoms with E-state index in [0.29, 0.717) is 0 Å². The van der Waals surface area contributed by atoms with Crippen molar-refractivity contribution in [2.24, 2.45) is 5.84 Å². The molecule has 70 valence electrons. The fourth-order valence-corrected chi connectivity index (χ4v) is 1.82. The number of hydrazine groups is 1. The number of nitrogens with zero attached hydrogens (tertiary/aromatic N) is 2. The molecule has 3 N–H and O–H groups in total. The van der Waals surface area contributed by atoms with Crippen LogP contribution in [-0.4, -0.2) is 9.97 Å². The van der Waals surface area contributed by atoms with Gasteiger partial charge >= 0.3 is 0 Å². The number of hydrogen-bond donors (Lipinski definition) is 2. The van der Waals surface area contributed by atoms with E-state index in [2.05, 4.69) is 15.4 Å². The minimum Gasteiger partial charge on any atom is -0.308 e. The summed E-state index contributed by atoms with van der Waals surface area (Å²) in [5, 5.41) is 0. The van der Waals surface area contributed by atoms with Gasteiger partial charge < -0.3 is 5.43 Å². The van der Waals surface area contributed by atoms with Crippen molar-refractivity contribution in [1.82, 2.24) is 9.97 Å². The van der Waals surface area contributed by atoms with Crippen LogP contribution in [-0.2, 0) is 12.8 Å². The number of nitrogen functional groups attached to an aromatic ring is 1. The molecule has 1 aromatic heterocycles. The molecule has 0 atom stereocenters. The molecule has 0 aliphatic heterocycles. The number of fused-ring (bicyclic) bond motifs is 1. The topological polar surface area (TPSA) is 63.8 Å². The van der Waals surface area contributed by atoms with E-state index in [1.165, 1.54) is 30.5 Å². The zero-order chi connectivity index (χ0) is 9.10. The number of nitrogens with one attached hydrogen (secondary N) is 1. The number of hydrogen-bond acceptors (Lipinski definition) is 4. The lowest BCUT2D eigenvalue weighted by atomic mass is 10.1. The molecule has 2 rings (SSSR count). The minimum absolute atomic E-state index is 0.798. The summed E-state index contributed by atoms with van der Waals surface area (Å²) in [6.45, 7) is 0. The van der Waals surface area contributed by atoms with Crippen LogP contribution < -0.4 is 11.3 Å². The van der Waals surface area contributed by atoms with E-state index < -0.39 is 0 Å². The van der Waals surface area contributed by atoms with Crippen LogP contribution in [0.3, 0.4) is 0 Å². The van der Waals surface area contributed by atoms with Gasteiger partial charge in [0.2, 0.25) is 0 Å². The summed E-state index contributed by atoms with van der Waals surface area (Å²) in [5.41, 5.74) is 5.01. The lowest BCUT2D eigenvalue weighted by molar-refractivity contribution is 0.709. The fourth-order valence-electron chi connectivity index (χ4n) is 1.82. The van der Waals surface area contributed by atoms with Crippen molar-refractivity contribution >= 4 is 5.82 Å². The van der Waals surface area contributed by atoms with Gasteiger partial charge in [-0.2, -0.15) is 0 Å². The molecular formula is C9H14N4. The maximum atomic E-state index is 5.38. The highest BCUT2D eigenvalue weighted by molar-refractivity contribution is 5.45. The quantitative estimate of drug-likeness (QED) is 0.383. The molecule has 0 amide bonds. The third-order valence-corrected chi connectivity index (χ3v) is 2.51. The Morgan fingerprint density at radius 2 is 2.00 bits per heavy atom. The zero-order valence-corrected chi connectivity index (χ0v) is 7.58. The molecule has 1 heterocycles. The molecular weight excluding hydrogens is 164 g/mol. The van der Waals surface area contributed by atoms with Gasteiger partial charge in [0.25, 0.3) is 0 Å². The van der Waals surface area contributed by atoms with E-state index >= 15 is 0 Å². The molecule has 0 radical (unpaired) electrons. The maximum absolute atomic E-state index is 5.38. The summed E-state index contributed by atoms with van der Waals surface area (Å²) < 4.78 is 0. The third-order valence-electron chi connectivity index (χ3n) is 2.51. The molecule has 0 unspecified atom stereocenters. The predicted octanol–water partition coefficient (Wildman–Crippen LogP) is 1.03. The normalized spacial score (nSPS) is 16.1. The number of nitrogens with two attached hydrogens (primary N) is 1. The predicted molar refractivity (Wildman–Crippen MR) is 51.1 cm³/mol. The first-order valence-corrected chi connectivity index (χ1v) is 4.71. The Morgan fingerprint density at radius 1 is 1.15 bits per heavy atom. The van der Waals surface area contributed by atoms with Crippen LogP contribution in [0.25, 0.3) is 0 Å². The van der Waals surface area contributed by atoms with Crippen molar-refractivity contribution in [2.45, 2.75) is 32.1 Å². The average molecular weight is 178 g/mol. The van der Waals surface area contributed by atoms with Gasteiger partial charge in [-0.1, -0.05) is 6.42 Å². The van der Waals surface area contributed by atoms with E-state index in [-0.39, 0.29) is 0 Å². The van der Waals surface area contributed by atoms with Crippen molar-refractivity contribution in [3.8, 4) is 0 Å². The van der Waals surface area contributed by atoms with Crippen LogP contribution in [0.2, 0.25) is 0 Å². The van der Waals surface area contributed by atoms with E-state index in [4.69, 9.17) is 5.84 Å². The highest BCUT2D eigenvalue weighted by atomic mass is 15.3. The molecule has 1 aliphatic carbocycles. The van der Waals surface area contributed by atoms with Gasteiger partial charge in [-0.25, -0.2) is 15.8 Å². The van der Waals surface area contributed by atoms with Gasteiger partial charge in [-0.15, -0.1) is 0 Å². The van der Waals surface area contributed by atoms with Crippen molar-refractivity contribution < 1.29 is 0 Å². The van der Waals surface area contributed by atoms with Gasteiger partial charge in [0, 0.05) is 11.3 Å². The monoisotopic (exact) mass is 178 g/mol. The number of rotatable bonds is 1. The Morgan fingerprint density at radius 3 is 2.85 bits per heavy atom. The Balaban J connectivity index is 2.40. The molecule has 0 saturated heterocycles. The van der Waals surface area contributed by atoms with Crippen LogP contribution >= 0.6 is 0 Å². The number of anilines is 1. The number of aryl methyl sites for hydroxylation is 1. The van der Waals surface area contributed by atoms with Gasteiger partial charge in [0.15, 0.2) is 0 Å². The van der Waals surface area contributed by atoms with Crippen molar-refractivity contribution in [1.29, 1.82) is 0 Å². The third kappa shape index (κ3) is 1.62. The summed E-state index contributed by atoms with van der Waals surface area (Å²) in [7, 11) is 0. The summed E-state index contributed by atoms with van der Waals surface area (Å²) in [5.74, 6) is 6.18. The SMILES string of the molecule is NNc1ncnc2c1CCCCC2. The minimum atomic E-state index is 0.798. The van der Waals surface area contributed by atoms with E-state index in [9.17, 15) is 0 Å². The zero-order valence-electron chi connectivity index (χ0n) is 7.58. The van der Waals surface area contributed by atoms with Crippen molar-refractivity contribution in [2.75, 3.05) is 5.43 Å². The Labute approximate surface area is 77.5 Å². The van der Waals surface area contributed by atoms with Gasteiger partial charge in [0.1, 0.15) is 12.1 Å². The van der Waals surface area contributed by atoms with Crippen molar-refractivity contribution in [3.63, 3.8) is 0 Å². The van der Waals surface area contributed by atoms with Crippen LogP contribution in [0.4, 0.5) is 5.82 Å². The first kappa shape index (κ1) is 8.44. The van der Waals surface area contributed by atoms with Crippen LogP contribution in [0.5, 0.6) is 0 Å². The van der Waals surface area contributed by atoms with E-state index in [1.807, 2.05) is 0 Å². The van der Waals surface area contributed by atoms with Crippen LogP contribution in [0.1, 0.15) is 30.5 Å². The first-order valence-electron chi connectivity index (χ1n) is 4.71. The molecule has 0 bridgehead atoms. The molecule has 0 spiro atoms. The van der Waals surface area contributed by atoms with E-state index in [1.54, 1.807) is 6.33 Å². The second kappa shape index (κ2) is 3.70. The highest BCUT2D eigenvalue weighted by Gasteiger charge is 2.12. The molecule has 0 aromatic carbocycles. The summed E-state index contributed by atoms with van der Waals surface area (Å²) in [4.78, 5) is 8.39. The molecule has 13 heavy (non-hydrogen) atoms. The molecule has 1 aliphatic rings. The van der Waals surface area contributed by atoms with Crippen molar-refractivity contribution in [3.05, 3.63) is 17.6 Å². The first-order chi connectivity index (χ1) is 6.42. The van der Waals surface area contributed by atoms with Gasteiger partial charge in [-0.3, -0.25) is 0 Å². The Bertz CT molecular complexity index is 298. The number of aromatic nitrogens is 2. The summed E-state index contributed by atoms with van der Waals surface area (Å²) >= 11 is 0. The standard InChI is InChI=1S/C9H14N4/c10-13-9-7-4-2-1-3-5-8(7)11-6-12-9/h6H,1-5,10H2,(H,11,12,13). The second-order valence-corrected chi connectivity index (χ2v) is 3.35. The second-order valence-electron chi connectivity index (χ2n) is 3.35. The molecule has 0 fully saturated rings. The molecule has 4 heteroatoms. The van der Waals surface area contributed by atoms with E-state index in [0.717, 1.165) is 18.7 Å². The molecule has 1 aromatic rings. The van der Waals surface area contributed by atoms with Crippen LogP contribution in [0, 0.1) is 0 Å². The molecule has 0 saturated carbocycles. The summed E-state index contributed by atoms with van der Waals surface area (Å²) in [6, 6.07) is 0. The maximum Gasteiger partial charge on any atom is 0.146 e. The largest absolute Gasteiger partial charge is 0.308 e. The molecule has 4 nitrogen and oxygen atoms in total. The fraction of sp³-hybridized carbons (Fsp3) is 0.556. The lowest BCUT2D eigenvalue weighted by Gasteiger charge is -2.08.